The van der Waals surface area contributed by atoms with Gasteiger partial charge in [0.15, 0.2) is 0 Å². The summed E-state index contributed by atoms with van der Waals surface area (Å²) in [5, 5.41) is 6.88. The first-order valence-electron chi connectivity index (χ1n) is 12.2. The number of carbonyl (C=O) groups is 1. The number of fused-ring (bicyclic) bond motifs is 1. The number of hydrogen-bond acceptors (Lipinski definition) is 4. The summed E-state index contributed by atoms with van der Waals surface area (Å²) in [6.07, 6.45) is 1.61. The van der Waals surface area contributed by atoms with Gasteiger partial charge in [-0.05, 0) is 52.7 Å². The zero-order valence-electron chi connectivity index (χ0n) is 20.5. The first kappa shape index (κ1) is 25.1. The molecule has 1 N–H and O–H groups in total. The number of hydrazone groups is 1. The second kappa shape index (κ2) is 12.1. The Labute approximate surface area is 226 Å². The summed E-state index contributed by atoms with van der Waals surface area (Å²) in [5.74, 6) is 1.00. The van der Waals surface area contributed by atoms with Crippen LogP contribution in [0.4, 0.5) is 0 Å². The van der Waals surface area contributed by atoms with E-state index in [2.05, 4.69) is 10.5 Å². The van der Waals surface area contributed by atoms with Gasteiger partial charge < -0.3 is 9.47 Å². The lowest BCUT2D eigenvalue weighted by molar-refractivity contribution is 0.0955. The molecule has 0 aliphatic rings. The molecule has 0 aliphatic heterocycles. The van der Waals surface area contributed by atoms with E-state index in [1.807, 2.05) is 91.0 Å². The molecule has 188 valence electrons. The van der Waals surface area contributed by atoms with Crippen molar-refractivity contribution >= 4 is 34.5 Å². The number of hydrogen-bond donors (Lipinski definition) is 1. The standard InChI is InChI=1S/C32H25ClN2O3/c33-30-13-7-5-11-26(30)22-38-31-19-16-24-10-4-6-12-28(24)29(31)20-34-35-32(36)25-14-17-27(18-15-25)37-21-23-8-2-1-3-9-23/h1-20H,21-22H2,(H,35,36)/b34-20-. The molecule has 6 heteroatoms. The highest BCUT2D eigenvalue weighted by Crippen LogP contribution is 2.28. The summed E-state index contributed by atoms with van der Waals surface area (Å²) in [7, 11) is 0. The minimum atomic E-state index is -0.324. The molecule has 5 aromatic rings. The van der Waals surface area contributed by atoms with Crippen LogP contribution in [0.15, 0.2) is 120 Å². The predicted molar refractivity (Wildman–Crippen MR) is 152 cm³/mol. The Balaban J connectivity index is 1.27. The van der Waals surface area contributed by atoms with E-state index < -0.39 is 0 Å². The number of ether oxygens (including phenoxy) is 2. The van der Waals surface area contributed by atoms with Crippen molar-refractivity contribution in [2.45, 2.75) is 13.2 Å². The molecule has 5 rings (SSSR count). The number of nitrogens with one attached hydrogen (secondary N) is 1. The SMILES string of the molecule is O=C(N/N=C\c1c(OCc2ccccc2Cl)ccc2ccccc12)c1ccc(OCc2ccccc2)cc1. The number of carbonyl (C=O) groups excluding carboxylic acids is 1. The van der Waals surface area contributed by atoms with E-state index in [1.165, 1.54) is 0 Å². The van der Waals surface area contributed by atoms with Gasteiger partial charge in [-0.25, -0.2) is 5.43 Å². The van der Waals surface area contributed by atoms with Crippen LogP contribution in [0.25, 0.3) is 10.8 Å². The summed E-state index contributed by atoms with van der Waals surface area (Å²) >= 11 is 6.30. The molecule has 0 radical (unpaired) electrons. The molecule has 1 amide bonds. The topological polar surface area (TPSA) is 59.9 Å². The minimum Gasteiger partial charge on any atom is -0.489 e. The summed E-state index contributed by atoms with van der Waals surface area (Å²) in [6.45, 7) is 0.770. The Morgan fingerprint density at radius 3 is 2.32 bits per heavy atom. The van der Waals surface area contributed by atoms with Gasteiger partial charge in [-0.15, -0.1) is 0 Å². The highest BCUT2D eigenvalue weighted by molar-refractivity contribution is 6.31. The van der Waals surface area contributed by atoms with Crippen molar-refractivity contribution in [1.82, 2.24) is 5.43 Å². The van der Waals surface area contributed by atoms with Gasteiger partial charge in [0.25, 0.3) is 5.91 Å². The van der Waals surface area contributed by atoms with Crippen molar-refractivity contribution in [3.8, 4) is 11.5 Å². The van der Waals surface area contributed by atoms with E-state index >= 15 is 0 Å². The average molecular weight is 521 g/mol. The van der Waals surface area contributed by atoms with Crippen molar-refractivity contribution in [3.05, 3.63) is 143 Å². The maximum Gasteiger partial charge on any atom is 0.271 e. The molecule has 0 bridgehead atoms. The third-order valence-corrected chi connectivity index (χ3v) is 6.37. The summed E-state index contributed by atoms with van der Waals surface area (Å²) in [5.41, 5.74) is 5.81. The predicted octanol–water partition coefficient (Wildman–Crippen LogP) is 7.42. The second-order valence-electron chi connectivity index (χ2n) is 8.58. The Morgan fingerprint density at radius 2 is 1.50 bits per heavy atom. The molecule has 5 aromatic carbocycles. The van der Waals surface area contributed by atoms with Gasteiger partial charge in [0.05, 0.1) is 6.21 Å². The zero-order valence-corrected chi connectivity index (χ0v) is 21.3. The van der Waals surface area contributed by atoms with E-state index in [9.17, 15) is 4.79 Å². The van der Waals surface area contributed by atoms with Gasteiger partial charge >= 0.3 is 0 Å². The van der Waals surface area contributed by atoms with Crippen molar-refractivity contribution < 1.29 is 14.3 Å². The Kier molecular flexibility index (Phi) is 7.97. The number of benzene rings is 5. The first-order chi connectivity index (χ1) is 18.7. The highest BCUT2D eigenvalue weighted by atomic mass is 35.5. The largest absolute Gasteiger partial charge is 0.489 e. The fraction of sp³-hybridized carbons (Fsp3) is 0.0625. The Morgan fingerprint density at radius 1 is 0.763 bits per heavy atom. The van der Waals surface area contributed by atoms with Crippen LogP contribution in [-0.4, -0.2) is 12.1 Å². The molecule has 0 saturated carbocycles. The number of rotatable bonds is 9. The lowest BCUT2D eigenvalue weighted by atomic mass is 10.0. The van der Waals surface area contributed by atoms with Crippen molar-refractivity contribution in [1.29, 1.82) is 0 Å². The Hall–Kier alpha value is -4.61. The van der Waals surface area contributed by atoms with Gasteiger partial charge in [0.2, 0.25) is 0 Å². The number of halogens is 1. The van der Waals surface area contributed by atoms with Gasteiger partial charge in [-0.1, -0.05) is 90.5 Å². The lowest BCUT2D eigenvalue weighted by Gasteiger charge is -2.12. The molecule has 0 saturated heterocycles. The maximum atomic E-state index is 12.7. The van der Waals surface area contributed by atoms with E-state index in [1.54, 1.807) is 30.5 Å². The molecule has 0 fully saturated rings. The van der Waals surface area contributed by atoms with Gasteiger partial charge in [-0.2, -0.15) is 5.10 Å². The molecule has 0 aliphatic carbocycles. The normalized spacial score (nSPS) is 11.0. The van der Waals surface area contributed by atoms with Crippen LogP contribution in [0.5, 0.6) is 11.5 Å². The lowest BCUT2D eigenvalue weighted by Crippen LogP contribution is -2.17. The van der Waals surface area contributed by atoms with Crippen LogP contribution in [0.3, 0.4) is 0 Å². The molecule has 0 spiro atoms. The first-order valence-corrected chi connectivity index (χ1v) is 12.5. The Bertz CT molecular complexity index is 1570. The number of nitrogens with zero attached hydrogens (tertiary/aromatic N) is 1. The molecule has 0 heterocycles. The van der Waals surface area contributed by atoms with Crippen LogP contribution in [0.1, 0.15) is 27.0 Å². The van der Waals surface area contributed by atoms with E-state index in [-0.39, 0.29) is 5.91 Å². The molecular formula is C32H25ClN2O3. The maximum absolute atomic E-state index is 12.7. The second-order valence-corrected chi connectivity index (χ2v) is 8.98. The van der Waals surface area contributed by atoms with Crippen LogP contribution < -0.4 is 14.9 Å². The van der Waals surface area contributed by atoms with Gasteiger partial charge in [0, 0.05) is 21.7 Å². The fourth-order valence-corrected chi connectivity index (χ4v) is 4.16. The van der Waals surface area contributed by atoms with Crippen LogP contribution in [-0.2, 0) is 13.2 Å². The molecule has 38 heavy (non-hydrogen) atoms. The minimum absolute atomic E-state index is 0.309. The molecule has 0 atom stereocenters. The van der Waals surface area contributed by atoms with Gasteiger partial charge in [-0.3, -0.25) is 4.79 Å². The highest BCUT2D eigenvalue weighted by Gasteiger charge is 2.10. The summed E-state index contributed by atoms with van der Waals surface area (Å²) in [6, 6.07) is 36.3. The third-order valence-electron chi connectivity index (χ3n) is 6.00. The van der Waals surface area contributed by atoms with Crippen molar-refractivity contribution in [3.63, 3.8) is 0 Å². The van der Waals surface area contributed by atoms with Crippen LogP contribution in [0, 0.1) is 0 Å². The van der Waals surface area contributed by atoms with Crippen molar-refractivity contribution in [2.75, 3.05) is 0 Å². The molecule has 0 aromatic heterocycles. The van der Waals surface area contributed by atoms with Crippen LogP contribution in [0.2, 0.25) is 5.02 Å². The monoisotopic (exact) mass is 520 g/mol. The third kappa shape index (κ3) is 6.20. The van der Waals surface area contributed by atoms with Crippen LogP contribution >= 0.6 is 11.6 Å². The van der Waals surface area contributed by atoms with Crippen molar-refractivity contribution in [2.24, 2.45) is 5.10 Å². The summed E-state index contributed by atoms with van der Waals surface area (Å²) < 4.78 is 11.9. The molecule has 5 nitrogen and oxygen atoms in total. The van der Waals surface area contributed by atoms with E-state index in [0.717, 1.165) is 27.5 Å². The molecular weight excluding hydrogens is 496 g/mol. The summed E-state index contributed by atoms with van der Waals surface area (Å²) in [4.78, 5) is 12.7. The van der Waals surface area contributed by atoms with Gasteiger partial charge in [0.1, 0.15) is 24.7 Å². The quantitative estimate of drug-likeness (QED) is 0.162. The zero-order chi connectivity index (χ0) is 26.2. The van der Waals surface area contributed by atoms with E-state index in [4.69, 9.17) is 21.1 Å². The number of amides is 1. The average Bonchev–Trinajstić information content (AvgIpc) is 2.97. The smallest absolute Gasteiger partial charge is 0.271 e. The fourth-order valence-electron chi connectivity index (χ4n) is 3.97. The van der Waals surface area contributed by atoms with E-state index in [0.29, 0.717) is 35.3 Å². The molecule has 0 unspecified atom stereocenters.